The largest absolute Gasteiger partial charge is 0.303 e. The number of hydrogen-bond acceptors (Lipinski definition) is 2. The zero-order valence-corrected chi connectivity index (χ0v) is 8.10. The van der Waals surface area contributed by atoms with Crippen LogP contribution in [0.1, 0.15) is 31.7 Å². The molecule has 13 heavy (non-hydrogen) atoms. The fourth-order valence-electron chi connectivity index (χ4n) is 1.49. The van der Waals surface area contributed by atoms with Gasteiger partial charge in [0.1, 0.15) is 6.29 Å². The first-order chi connectivity index (χ1) is 6.25. The average Bonchev–Trinajstić information content (AvgIpc) is 2.15. The predicted octanol–water partition coefficient (Wildman–Crippen LogP) is 2.41. The highest BCUT2D eigenvalue weighted by atomic mass is 16.1. The van der Waals surface area contributed by atoms with Gasteiger partial charge in [-0.05, 0) is 23.5 Å². The number of carbonyl (C=O) groups excluding carboxylic acids is 1. The van der Waals surface area contributed by atoms with Crippen molar-refractivity contribution in [2.24, 2.45) is 5.92 Å². The second-order valence-corrected chi connectivity index (χ2v) is 3.54. The van der Waals surface area contributed by atoms with Crippen LogP contribution in [-0.4, -0.2) is 11.3 Å². The monoisotopic (exact) mass is 177 g/mol. The van der Waals surface area contributed by atoms with Crippen molar-refractivity contribution < 1.29 is 4.79 Å². The summed E-state index contributed by atoms with van der Waals surface area (Å²) in [7, 11) is 0. The summed E-state index contributed by atoms with van der Waals surface area (Å²) in [5.74, 6) is 0.792. The zero-order valence-electron chi connectivity index (χ0n) is 8.10. The minimum Gasteiger partial charge on any atom is -0.303 e. The van der Waals surface area contributed by atoms with Gasteiger partial charge in [0.15, 0.2) is 0 Å². The molecule has 0 saturated carbocycles. The van der Waals surface area contributed by atoms with Crippen LogP contribution in [0.3, 0.4) is 0 Å². The lowest BCUT2D eigenvalue weighted by molar-refractivity contribution is -0.108. The van der Waals surface area contributed by atoms with Gasteiger partial charge in [-0.25, -0.2) is 0 Å². The minimum atomic E-state index is 0.311. The molecule has 2 nitrogen and oxygen atoms in total. The van der Waals surface area contributed by atoms with E-state index in [2.05, 4.69) is 18.8 Å². The maximum Gasteiger partial charge on any atom is 0.120 e. The van der Waals surface area contributed by atoms with Crippen molar-refractivity contribution in [3.05, 3.63) is 30.1 Å². The van der Waals surface area contributed by atoms with E-state index < -0.39 is 0 Å². The van der Waals surface area contributed by atoms with Crippen LogP contribution in [0, 0.1) is 5.92 Å². The summed E-state index contributed by atoms with van der Waals surface area (Å²) in [5, 5.41) is 0. The lowest BCUT2D eigenvalue weighted by Crippen LogP contribution is -2.07. The molecule has 1 rings (SSSR count). The number of pyridine rings is 1. The quantitative estimate of drug-likeness (QED) is 0.661. The molecule has 0 spiro atoms. The zero-order chi connectivity index (χ0) is 9.68. The Morgan fingerprint density at radius 1 is 1.54 bits per heavy atom. The van der Waals surface area contributed by atoms with E-state index in [1.165, 1.54) is 0 Å². The summed E-state index contributed by atoms with van der Waals surface area (Å²) in [6, 6.07) is 3.94. The average molecular weight is 177 g/mol. The first kappa shape index (κ1) is 9.90. The summed E-state index contributed by atoms with van der Waals surface area (Å²) < 4.78 is 0. The summed E-state index contributed by atoms with van der Waals surface area (Å²) >= 11 is 0. The molecular formula is C11H15NO. The van der Waals surface area contributed by atoms with E-state index in [0.29, 0.717) is 18.3 Å². The second kappa shape index (κ2) is 4.75. The van der Waals surface area contributed by atoms with Crippen molar-refractivity contribution in [1.29, 1.82) is 0 Å². The van der Waals surface area contributed by atoms with Gasteiger partial charge in [-0.1, -0.05) is 19.9 Å². The van der Waals surface area contributed by atoms with E-state index in [0.717, 1.165) is 11.8 Å². The highest BCUT2D eigenvalue weighted by Crippen LogP contribution is 2.25. The van der Waals surface area contributed by atoms with Crippen molar-refractivity contribution in [2.75, 3.05) is 0 Å². The second-order valence-electron chi connectivity index (χ2n) is 3.54. The fraction of sp³-hybridized carbons (Fsp3) is 0.455. The number of carbonyl (C=O) groups is 1. The molecule has 0 aliphatic heterocycles. The Balaban J connectivity index is 2.82. The van der Waals surface area contributed by atoms with Crippen molar-refractivity contribution in [3.63, 3.8) is 0 Å². The number of aromatic nitrogens is 1. The predicted molar refractivity (Wildman–Crippen MR) is 52.5 cm³/mol. The van der Waals surface area contributed by atoms with Gasteiger partial charge in [-0.15, -0.1) is 0 Å². The Kier molecular flexibility index (Phi) is 3.62. The molecule has 0 amide bonds. The van der Waals surface area contributed by atoms with E-state index in [1.54, 1.807) is 6.20 Å². The molecule has 1 atom stereocenters. The lowest BCUT2D eigenvalue weighted by atomic mass is 9.87. The normalized spacial score (nSPS) is 12.8. The first-order valence-corrected chi connectivity index (χ1v) is 4.59. The maximum atomic E-state index is 10.5. The van der Waals surface area contributed by atoms with Crippen molar-refractivity contribution >= 4 is 6.29 Å². The summed E-state index contributed by atoms with van der Waals surface area (Å²) in [6.45, 7) is 4.25. The number of nitrogens with zero attached hydrogens (tertiary/aromatic N) is 1. The molecule has 0 bridgehead atoms. The summed E-state index contributed by atoms with van der Waals surface area (Å²) in [4.78, 5) is 14.5. The van der Waals surface area contributed by atoms with Crippen LogP contribution >= 0.6 is 0 Å². The van der Waals surface area contributed by atoms with Crippen molar-refractivity contribution in [1.82, 2.24) is 4.98 Å². The maximum absolute atomic E-state index is 10.5. The van der Waals surface area contributed by atoms with Gasteiger partial charge >= 0.3 is 0 Å². The van der Waals surface area contributed by atoms with Crippen LogP contribution in [0.2, 0.25) is 0 Å². The number of hydrogen-bond donors (Lipinski definition) is 0. The Labute approximate surface area is 79.0 Å². The van der Waals surface area contributed by atoms with E-state index in [9.17, 15) is 4.79 Å². The molecular weight excluding hydrogens is 162 g/mol. The van der Waals surface area contributed by atoms with E-state index >= 15 is 0 Å². The third kappa shape index (κ3) is 2.65. The van der Waals surface area contributed by atoms with Gasteiger partial charge in [0.2, 0.25) is 0 Å². The number of aldehydes is 1. The Morgan fingerprint density at radius 3 is 2.77 bits per heavy atom. The summed E-state index contributed by atoms with van der Waals surface area (Å²) in [5.41, 5.74) is 1.16. The standard InChI is InChI=1S/C11H15NO/c1-9(2)11(5-7-13)10-4-3-6-12-8-10/h3-4,6-9,11H,5H2,1-2H3. The van der Waals surface area contributed by atoms with Gasteiger partial charge in [-0.3, -0.25) is 4.98 Å². The summed E-state index contributed by atoms with van der Waals surface area (Å²) in [6.07, 6.45) is 5.16. The Morgan fingerprint density at radius 2 is 2.31 bits per heavy atom. The molecule has 2 heteroatoms. The van der Waals surface area contributed by atoms with Crippen LogP contribution in [0.5, 0.6) is 0 Å². The third-order valence-electron chi connectivity index (χ3n) is 2.27. The van der Waals surface area contributed by atoms with Crippen LogP contribution in [0.25, 0.3) is 0 Å². The van der Waals surface area contributed by atoms with Gasteiger partial charge in [0.05, 0.1) is 0 Å². The van der Waals surface area contributed by atoms with Gasteiger partial charge in [-0.2, -0.15) is 0 Å². The van der Waals surface area contributed by atoms with Crippen molar-refractivity contribution in [3.8, 4) is 0 Å². The highest BCUT2D eigenvalue weighted by Gasteiger charge is 2.14. The molecule has 0 saturated heterocycles. The molecule has 0 radical (unpaired) electrons. The van der Waals surface area contributed by atoms with Crippen LogP contribution in [0.4, 0.5) is 0 Å². The molecule has 1 aromatic heterocycles. The van der Waals surface area contributed by atoms with E-state index in [1.807, 2.05) is 18.3 Å². The number of rotatable bonds is 4. The topological polar surface area (TPSA) is 30.0 Å². The molecule has 0 aromatic carbocycles. The molecule has 0 aliphatic carbocycles. The lowest BCUT2D eigenvalue weighted by Gasteiger charge is -2.17. The fourth-order valence-corrected chi connectivity index (χ4v) is 1.49. The SMILES string of the molecule is CC(C)C(CC=O)c1cccnc1. The first-order valence-electron chi connectivity index (χ1n) is 4.59. The van der Waals surface area contributed by atoms with Crippen LogP contribution in [-0.2, 0) is 4.79 Å². The molecule has 1 heterocycles. The molecule has 0 aliphatic rings. The molecule has 1 unspecified atom stereocenters. The van der Waals surface area contributed by atoms with E-state index in [4.69, 9.17) is 0 Å². The third-order valence-corrected chi connectivity index (χ3v) is 2.27. The van der Waals surface area contributed by atoms with E-state index in [-0.39, 0.29) is 0 Å². The van der Waals surface area contributed by atoms with Gasteiger partial charge in [0, 0.05) is 18.8 Å². The van der Waals surface area contributed by atoms with Gasteiger partial charge < -0.3 is 4.79 Å². The molecule has 70 valence electrons. The van der Waals surface area contributed by atoms with Gasteiger partial charge in [0.25, 0.3) is 0 Å². The Hall–Kier alpha value is -1.18. The minimum absolute atomic E-state index is 0.311. The van der Waals surface area contributed by atoms with Crippen LogP contribution < -0.4 is 0 Å². The molecule has 0 fully saturated rings. The van der Waals surface area contributed by atoms with Crippen molar-refractivity contribution in [2.45, 2.75) is 26.2 Å². The molecule has 0 N–H and O–H groups in total. The Bertz CT molecular complexity index is 256. The smallest absolute Gasteiger partial charge is 0.120 e. The molecule has 1 aromatic rings. The highest BCUT2D eigenvalue weighted by molar-refractivity contribution is 5.51. The van der Waals surface area contributed by atoms with Crippen LogP contribution in [0.15, 0.2) is 24.5 Å².